The van der Waals surface area contributed by atoms with Crippen molar-refractivity contribution in [1.29, 1.82) is 0 Å². The average Bonchev–Trinajstić information content (AvgIpc) is 2.73. The number of amides is 1. The van der Waals surface area contributed by atoms with Gasteiger partial charge in [-0.25, -0.2) is 8.42 Å². The zero-order valence-electron chi connectivity index (χ0n) is 16.8. The Balaban J connectivity index is 2.11. The number of ether oxygens (including phenoxy) is 2. The zero-order chi connectivity index (χ0) is 21.1. The number of sulfonamides is 1. The summed E-state index contributed by atoms with van der Waals surface area (Å²) in [5.74, 6) is 0.180. The van der Waals surface area contributed by atoms with Crippen molar-refractivity contribution in [2.24, 2.45) is 0 Å². The molecule has 0 aliphatic rings. The Morgan fingerprint density at radius 1 is 1.07 bits per heavy atom. The van der Waals surface area contributed by atoms with Crippen molar-refractivity contribution in [3.05, 3.63) is 60.2 Å². The molecule has 0 saturated carbocycles. The average molecular weight is 421 g/mol. The van der Waals surface area contributed by atoms with Crippen molar-refractivity contribution in [3.63, 3.8) is 0 Å². The lowest BCUT2D eigenvalue weighted by Crippen LogP contribution is -2.48. The van der Waals surface area contributed by atoms with E-state index in [0.717, 1.165) is 5.56 Å². The lowest BCUT2D eigenvalue weighted by Gasteiger charge is -2.19. The topological polar surface area (TPSA) is 93.7 Å². The molecule has 8 heteroatoms. The van der Waals surface area contributed by atoms with Gasteiger partial charge in [-0.3, -0.25) is 4.79 Å². The van der Waals surface area contributed by atoms with Crippen LogP contribution in [0.4, 0.5) is 0 Å². The van der Waals surface area contributed by atoms with Gasteiger partial charge in [0.1, 0.15) is 11.8 Å². The van der Waals surface area contributed by atoms with E-state index in [4.69, 9.17) is 9.47 Å². The molecule has 0 fully saturated rings. The summed E-state index contributed by atoms with van der Waals surface area (Å²) in [6.07, 6.45) is 0.899. The largest absolute Gasteiger partial charge is 0.497 e. The lowest BCUT2D eigenvalue weighted by molar-refractivity contribution is -0.122. The van der Waals surface area contributed by atoms with Crippen molar-refractivity contribution in [3.8, 4) is 5.75 Å². The fourth-order valence-electron chi connectivity index (χ4n) is 2.70. The molecule has 2 rings (SSSR count). The van der Waals surface area contributed by atoms with E-state index < -0.39 is 16.1 Å². The van der Waals surface area contributed by atoms with Crippen LogP contribution in [0.2, 0.25) is 0 Å². The van der Waals surface area contributed by atoms with Gasteiger partial charge in [-0.05, 0) is 49.6 Å². The number of benzene rings is 2. The van der Waals surface area contributed by atoms with E-state index >= 15 is 0 Å². The second-order valence-electron chi connectivity index (χ2n) is 6.38. The SMILES string of the molecule is CCOCCCNC(=O)C(Cc1ccccc1)NS(=O)(=O)c1ccc(OC)cc1. The fraction of sp³-hybridized carbons (Fsp3) is 0.381. The molecule has 2 aromatic rings. The molecule has 158 valence electrons. The first-order valence-electron chi connectivity index (χ1n) is 9.52. The predicted octanol–water partition coefficient (Wildman–Crippen LogP) is 2.13. The Bertz CT molecular complexity index is 854. The van der Waals surface area contributed by atoms with E-state index in [0.29, 0.717) is 31.9 Å². The van der Waals surface area contributed by atoms with Gasteiger partial charge in [-0.1, -0.05) is 30.3 Å². The van der Waals surface area contributed by atoms with Crippen molar-refractivity contribution in [1.82, 2.24) is 10.0 Å². The second kappa shape index (κ2) is 11.5. The van der Waals surface area contributed by atoms with Crippen LogP contribution in [0.25, 0.3) is 0 Å². The minimum Gasteiger partial charge on any atom is -0.497 e. The Morgan fingerprint density at radius 3 is 2.38 bits per heavy atom. The standard InChI is InChI=1S/C21H28N2O5S/c1-3-28-15-7-14-22-21(24)20(16-17-8-5-4-6-9-17)23-29(25,26)19-12-10-18(27-2)11-13-19/h4-6,8-13,20,23H,3,7,14-16H2,1-2H3,(H,22,24). The van der Waals surface area contributed by atoms with Gasteiger partial charge in [0.25, 0.3) is 0 Å². The molecule has 0 spiro atoms. The summed E-state index contributed by atoms with van der Waals surface area (Å²) >= 11 is 0. The molecule has 7 nitrogen and oxygen atoms in total. The number of nitrogens with one attached hydrogen (secondary N) is 2. The smallest absolute Gasteiger partial charge is 0.241 e. The molecule has 0 bridgehead atoms. The molecule has 0 heterocycles. The quantitative estimate of drug-likeness (QED) is 0.513. The zero-order valence-corrected chi connectivity index (χ0v) is 17.6. The van der Waals surface area contributed by atoms with Crippen LogP contribution in [-0.2, 0) is 26.0 Å². The monoisotopic (exact) mass is 420 g/mol. The third kappa shape index (κ3) is 7.49. The van der Waals surface area contributed by atoms with Crippen molar-refractivity contribution in [2.45, 2.75) is 30.7 Å². The highest BCUT2D eigenvalue weighted by Gasteiger charge is 2.26. The van der Waals surface area contributed by atoms with Gasteiger partial charge in [-0.2, -0.15) is 4.72 Å². The van der Waals surface area contributed by atoms with E-state index in [-0.39, 0.29) is 17.2 Å². The maximum atomic E-state index is 12.8. The van der Waals surface area contributed by atoms with Gasteiger partial charge in [0.2, 0.25) is 15.9 Å². The molecule has 1 unspecified atom stereocenters. The minimum absolute atomic E-state index is 0.0699. The van der Waals surface area contributed by atoms with Crippen LogP contribution in [-0.4, -0.2) is 47.2 Å². The van der Waals surface area contributed by atoms with E-state index in [1.165, 1.54) is 19.2 Å². The molecule has 1 atom stereocenters. The van der Waals surface area contributed by atoms with E-state index in [1.54, 1.807) is 12.1 Å². The van der Waals surface area contributed by atoms with Gasteiger partial charge in [0.05, 0.1) is 12.0 Å². The molecular weight excluding hydrogens is 392 g/mol. The Hall–Kier alpha value is -2.42. The van der Waals surface area contributed by atoms with Crippen molar-refractivity contribution >= 4 is 15.9 Å². The summed E-state index contributed by atoms with van der Waals surface area (Å²) in [6, 6.07) is 14.4. The van der Waals surface area contributed by atoms with Crippen LogP contribution < -0.4 is 14.8 Å². The number of carbonyl (C=O) groups is 1. The Kier molecular flexibility index (Phi) is 9.11. The molecule has 0 aliphatic carbocycles. The summed E-state index contributed by atoms with van der Waals surface area (Å²) < 4.78 is 38.5. The van der Waals surface area contributed by atoms with Gasteiger partial charge >= 0.3 is 0 Å². The first-order valence-corrected chi connectivity index (χ1v) is 11.0. The summed E-state index contributed by atoms with van der Waals surface area (Å²) in [7, 11) is -2.37. The van der Waals surface area contributed by atoms with Gasteiger partial charge in [0.15, 0.2) is 0 Å². The van der Waals surface area contributed by atoms with E-state index in [2.05, 4.69) is 10.0 Å². The molecule has 0 aliphatic heterocycles. The van der Waals surface area contributed by atoms with E-state index in [1.807, 2.05) is 37.3 Å². The van der Waals surface area contributed by atoms with Crippen LogP contribution in [0.5, 0.6) is 5.75 Å². The fourth-order valence-corrected chi connectivity index (χ4v) is 3.90. The highest BCUT2D eigenvalue weighted by Crippen LogP contribution is 2.16. The third-order valence-electron chi connectivity index (χ3n) is 4.24. The van der Waals surface area contributed by atoms with Crippen LogP contribution >= 0.6 is 0 Å². The number of rotatable bonds is 12. The van der Waals surface area contributed by atoms with Gasteiger partial charge < -0.3 is 14.8 Å². The van der Waals surface area contributed by atoms with Crippen LogP contribution in [0, 0.1) is 0 Å². The number of hydrogen-bond donors (Lipinski definition) is 2. The molecule has 0 radical (unpaired) electrons. The Labute approximate surface area is 172 Å². The minimum atomic E-state index is -3.88. The van der Waals surface area contributed by atoms with Crippen molar-refractivity contribution < 1.29 is 22.7 Å². The molecule has 2 N–H and O–H groups in total. The first kappa shape index (κ1) is 22.9. The first-order chi connectivity index (χ1) is 14.0. The molecule has 29 heavy (non-hydrogen) atoms. The van der Waals surface area contributed by atoms with Crippen LogP contribution in [0.1, 0.15) is 18.9 Å². The number of carbonyl (C=O) groups excluding carboxylic acids is 1. The van der Waals surface area contributed by atoms with Crippen LogP contribution in [0.3, 0.4) is 0 Å². The molecule has 0 aromatic heterocycles. The lowest BCUT2D eigenvalue weighted by atomic mass is 10.1. The van der Waals surface area contributed by atoms with Gasteiger partial charge in [-0.15, -0.1) is 0 Å². The summed E-state index contributed by atoms with van der Waals surface area (Å²) in [4.78, 5) is 12.8. The predicted molar refractivity (Wildman–Crippen MR) is 111 cm³/mol. The Morgan fingerprint density at radius 2 is 1.76 bits per heavy atom. The summed E-state index contributed by atoms with van der Waals surface area (Å²) in [6.45, 7) is 3.47. The second-order valence-corrected chi connectivity index (χ2v) is 8.09. The van der Waals surface area contributed by atoms with Crippen molar-refractivity contribution in [2.75, 3.05) is 26.9 Å². The van der Waals surface area contributed by atoms with E-state index in [9.17, 15) is 13.2 Å². The highest BCUT2D eigenvalue weighted by atomic mass is 32.2. The maximum Gasteiger partial charge on any atom is 0.241 e. The maximum absolute atomic E-state index is 12.8. The van der Waals surface area contributed by atoms with Gasteiger partial charge in [0, 0.05) is 19.8 Å². The summed E-state index contributed by atoms with van der Waals surface area (Å²) in [5.41, 5.74) is 0.861. The molecule has 0 saturated heterocycles. The normalized spacial score (nSPS) is 12.3. The molecule has 2 aromatic carbocycles. The third-order valence-corrected chi connectivity index (χ3v) is 5.72. The number of hydrogen-bond acceptors (Lipinski definition) is 5. The summed E-state index contributed by atoms with van der Waals surface area (Å²) in [5, 5.41) is 2.79. The number of methoxy groups -OCH3 is 1. The molecule has 1 amide bonds. The highest BCUT2D eigenvalue weighted by molar-refractivity contribution is 7.89. The van der Waals surface area contributed by atoms with Crippen LogP contribution in [0.15, 0.2) is 59.5 Å². The molecular formula is C21H28N2O5S.